The molecule has 1 amide bonds. The van der Waals surface area contributed by atoms with E-state index >= 15 is 0 Å². The fourth-order valence-corrected chi connectivity index (χ4v) is 3.32. The lowest BCUT2D eigenvalue weighted by atomic mass is 9.90. The van der Waals surface area contributed by atoms with Gasteiger partial charge >= 0.3 is 17.7 Å². The van der Waals surface area contributed by atoms with E-state index in [2.05, 4.69) is 9.97 Å². The summed E-state index contributed by atoms with van der Waals surface area (Å²) < 4.78 is 10.4. The first-order valence-electron chi connectivity index (χ1n) is 8.96. The standard InChI is InChI=1S/C17H24ClN5O6/c1-6-17(13(24)28-5)10-21(15(25)29-16(2,3)4)7-8-22(17)12-11(23(26)27)9-19-14(18)20-12/h9H,6-8,10H2,1-5H3. The van der Waals surface area contributed by atoms with Crippen LogP contribution < -0.4 is 4.90 Å². The second-order valence-corrected chi connectivity index (χ2v) is 7.87. The highest BCUT2D eigenvalue weighted by molar-refractivity contribution is 6.28. The van der Waals surface area contributed by atoms with E-state index in [0.29, 0.717) is 0 Å². The van der Waals surface area contributed by atoms with Crippen LogP contribution in [-0.4, -0.2) is 69.7 Å². The minimum atomic E-state index is -1.41. The highest BCUT2D eigenvalue weighted by Gasteiger charge is 2.51. The molecule has 0 radical (unpaired) electrons. The maximum Gasteiger partial charge on any atom is 0.410 e. The van der Waals surface area contributed by atoms with Gasteiger partial charge in [-0.05, 0) is 38.8 Å². The van der Waals surface area contributed by atoms with Gasteiger partial charge < -0.3 is 19.3 Å². The number of anilines is 1. The lowest BCUT2D eigenvalue weighted by molar-refractivity contribution is -0.384. The Labute approximate surface area is 173 Å². The molecule has 1 aliphatic rings. The number of esters is 1. The van der Waals surface area contributed by atoms with Crippen LogP contribution in [0.4, 0.5) is 16.3 Å². The summed E-state index contributed by atoms with van der Waals surface area (Å²) in [5, 5.41) is 11.3. The first-order valence-corrected chi connectivity index (χ1v) is 9.34. The van der Waals surface area contributed by atoms with Crippen LogP contribution in [0.2, 0.25) is 5.28 Å². The molecule has 1 fully saturated rings. The molecule has 2 rings (SSSR count). The fraction of sp³-hybridized carbons (Fsp3) is 0.647. The zero-order valence-electron chi connectivity index (χ0n) is 17.0. The zero-order valence-corrected chi connectivity index (χ0v) is 17.7. The van der Waals surface area contributed by atoms with E-state index in [-0.39, 0.29) is 37.2 Å². The van der Waals surface area contributed by atoms with Crippen molar-refractivity contribution in [1.82, 2.24) is 14.9 Å². The molecule has 1 atom stereocenters. The summed E-state index contributed by atoms with van der Waals surface area (Å²) in [5.74, 6) is -0.761. The van der Waals surface area contributed by atoms with Crippen molar-refractivity contribution in [3.63, 3.8) is 0 Å². The summed E-state index contributed by atoms with van der Waals surface area (Å²) in [6.45, 7) is 7.08. The minimum absolute atomic E-state index is 0.0797. The SMILES string of the molecule is CCC1(C(=O)OC)CN(C(=O)OC(C)(C)C)CCN1c1nc(Cl)ncc1[N+](=O)[O-]. The molecule has 160 valence electrons. The molecule has 1 unspecified atom stereocenters. The number of methoxy groups -OCH3 is 1. The molecule has 1 aromatic heterocycles. The molecule has 0 bridgehead atoms. The van der Waals surface area contributed by atoms with Gasteiger partial charge in [0.15, 0.2) is 5.54 Å². The molecule has 0 saturated carbocycles. The smallest absolute Gasteiger partial charge is 0.410 e. The lowest BCUT2D eigenvalue weighted by Gasteiger charge is -2.48. The van der Waals surface area contributed by atoms with Gasteiger partial charge in [0, 0.05) is 13.1 Å². The normalized spacial score (nSPS) is 19.7. The third kappa shape index (κ3) is 4.66. The van der Waals surface area contributed by atoms with E-state index < -0.39 is 33.8 Å². The number of nitro groups is 1. The summed E-state index contributed by atoms with van der Waals surface area (Å²) in [6, 6.07) is 0. The van der Waals surface area contributed by atoms with E-state index in [1.165, 1.54) is 16.9 Å². The van der Waals surface area contributed by atoms with Crippen molar-refractivity contribution in [2.45, 2.75) is 45.3 Å². The Morgan fingerprint density at radius 2 is 2.03 bits per heavy atom. The third-order valence-corrected chi connectivity index (χ3v) is 4.72. The van der Waals surface area contributed by atoms with Crippen LogP contribution >= 0.6 is 11.6 Å². The number of ether oxygens (including phenoxy) is 2. The molecule has 12 heteroatoms. The summed E-state index contributed by atoms with van der Waals surface area (Å²) in [4.78, 5) is 46.8. The predicted molar refractivity (Wildman–Crippen MR) is 104 cm³/mol. The Bertz CT molecular complexity index is 814. The van der Waals surface area contributed by atoms with Crippen LogP contribution in [0.15, 0.2) is 6.20 Å². The van der Waals surface area contributed by atoms with Crippen molar-refractivity contribution >= 4 is 35.2 Å². The molecule has 1 aromatic rings. The first kappa shape index (κ1) is 22.6. The quantitative estimate of drug-likeness (QED) is 0.306. The number of rotatable bonds is 4. The number of carbonyl (C=O) groups excluding carboxylic acids is 2. The van der Waals surface area contributed by atoms with E-state index in [0.717, 1.165) is 6.20 Å². The topological polar surface area (TPSA) is 128 Å². The second kappa shape index (κ2) is 8.36. The van der Waals surface area contributed by atoms with E-state index in [1.807, 2.05) is 0 Å². The third-order valence-electron chi connectivity index (χ3n) is 4.54. The van der Waals surface area contributed by atoms with Gasteiger partial charge in [0.2, 0.25) is 11.1 Å². The number of aromatic nitrogens is 2. The van der Waals surface area contributed by atoms with Gasteiger partial charge in [-0.25, -0.2) is 14.6 Å². The Balaban J connectivity index is 2.52. The average molecular weight is 430 g/mol. The molecule has 0 aliphatic carbocycles. The lowest BCUT2D eigenvalue weighted by Crippen LogP contribution is -2.68. The van der Waals surface area contributed by atoms with Crippen LogP contribution in [0, 0.1) is 10.1 Å². The Kier molecular flexibility index (Phi) is 6.51. The van der Waals surface area contributed by atoms with Crippen LogP contribution in [0.25, 0.3) is 0 Å². The highest BCUT2D eigenvalue weighted by atomic mass is 35.5. The number of hydrogen-bond acceptors (Lipinski definition) is 9. The Morgan fingerprint density at radius 3 is 2.55 bits per heavy atom. The summed E-state index contributed by atoms with van der Waals surface area (Å²) in [7, 11) is 1.21. The zero-order chi connectivity index (χ0) is 22.0. The minimum Gasteiger partial charge on any atom is -0.467 e. The molecule has 29 heavy (non-hydrogen) atoms. The summed E-state index contributed by atoms with van der Waals surface area (Å²) in [5.41, 5.74) is -2.53. The van der Waals surface area contributed by atoms with Crippen molar-refractivity contribution < 1.29 is 24.0 Å². The van der Waals surface area contributed by atoms with Gasteiger partial charge in [-0.1, -0.05) is 6.92 Å². The van der Waals surface area contributed by atoms with Crippen molar-refractivity contribution in [2.75, 3.05) is 31.6 Å². The van der Waals surface area contributed by atoms with Gasteiger partial charge in [-0.3, -0.25) is 10.1 Å². The molecular weight excluding hydrogens is 406 g/mol. The molecule has 2 heterocycles. The molecule has 0 aromatic carbocycles. The van der Waals surface area contributed by atoms with Crippen molar-refractivity contribution in [3.8, 4) is 0 Å². The molecule has 1 saturated heterocycles. The first-order chi connectivity index (χ1) is 13.4. The predicted octanol–water partition coefficient (Wildman–Crippen LogP) is 2.42. The highest BCUT2D eigenvalue weighted by Crippen LogP contribution is 2.36. The number of nitrogens with zero attached hydrogens (tertiary/aromatic N) is 5. The second-order valence-electron chi connectivity index (χ2n) is 7.54. The monoisotopic (exact) mass is 429 g/mol. The van der Waals surface area contributed by atoms with Crippen LogP contribution in [0.1, 0.15) is 34.1 Å². The van der Waals surface area contributed by atoms with Crippen LogP contribution in [0.3, 0.4) is 0 Å². The van der Waals surface area contributed by atoms with E-state index in [9.17, 15) is 19.7 Å². The Morgan fingerprint density at radius 1 is 1.38 bits per heavy atom. The van der Waals surface area contributed by atoms with Crippen LogP contribution in [-0.2, 0) is 14.3 Å². The van der Waals surface area contributed by atoms with Gasteiger partial charge in [0.05, 0.1) is 18.6 Å². The maximum atomic E-state index is 12.8. The molecular formula is C17H24ClN5O6. The van der Waals surface area contributed by atoms with Crippen molar-refractivity contribution in [2.24, 2.45) is 0 Å². The molecule has 0 spiro atoms. The number of carbonyl (C=O) groups is 2. The maximum absolute atomic E-state index is 12.8. The number of amides is 1. The van der Waals surface area contributed by atoms with Gasteiger partial charge in [-0.15, -0.1) is 0 Å². The fourth-order valence-electron chi connectivity index (χ4n) is 3.19. The summed E-state index contributed by atoms with van der Waals surface area (Å²) >= 11 is 5.87. The van der Waals surface area contributed by atoms with Crippen molar-refractivity contribution in [1.29, 1.82) is 0 Å². The van der Waals surface area contributed by atoms with E-state index in [4.69, 9.17) is 21.1 Å². The van der Waals surface area contributed by atoms with Gasteiger partial charge in [-0.2, -0.15) is 4.98 Å². The van der Waals surface area contributed by atoms with Crippen molar-refractivity contribution in [3.05, 3.63) is 21.6 Å². The van der Waals surface area contributed by atoms with Gasteiger partial charge in [0.25, 0.3) is 0 Å². The number of halogens is 1. The van der Waals surface area contributed by atoms with Crippen LogP contribution in [0.5, 0.6) is 0 Å². The number of piperazine rings is 1. The summed E-state index contributed by atoms with van der Waals surface area (Å²) in [6.07, 6.45) is 0.592. The largest absolute Gasteiger partial charge is 0.467 e. The molecule has 11 nitrogen and oxygen atoms in total. The molecule has 0 N–H and O–H groups in total. The average Bonchev–Trinajstić information content (AvgIpc) is 2.64. The Hall–Kier alpha value is -2.69. The number of hydrogen-bond donors (Lipinski definition) is 0. The van der Waals surface area contributed by atoms with E-state index in [1.54, 1.807) is 27.7 Å². The van der Waals surface area contributed by atoms with Gasteiger partial charge in [0.1, 0.15) is 11.8 Å². The molecule has 1 aliphatic heterocycles.